The average Bonchev–Trinajstić information content (AvgIpc) is 3.33. The summed E-state index contributed by atoms with van der Waals surface area (Å²) >= 11 is 17.3. The second-order valence-corrected chi connectivity index (χ2v) is 9.21. The van der Waals surface area contributed by atoms with Gasteiger partial charge in [-0.1, -0.05) is 53.5 Å². The van der Waals surface area contributed by atoms with Gasteiger partial charge in [0.25, 0.3) is 0 Å². The quantitative estimate of drug-likeness (QED) is 0.171. The Labute approximate surface area is 229 Å². The largest absolute Gasteiger partial charge is 0.457 e. The molecule has 1 aromatic heterocycles. The van der Waals surface area contributed by atoms with Crippen molar-refractivity contribution in [3.8, 4) is 11.3 Å². The fraction of sp³-hybridized carbons (Fsp3) is 0.0357. The van der Waals surface area contributed by atoms with Crippen molar-refractivity contribution in [2.24, 2.45) is 0 Å². The number of hydrogen-bond donors (Lipinski definition) is 3. The van der Waals surface area contributed by atoms with Gasteiger partial charge in [-0.05, 0) is 78.5 Å². The molecule has 0 aliphatic carbocycles. The zero-order valence-corrected chi connectivity index (χ0v) is 21.7. The fourth-order valence-corrected chi connectivity index (χ4v) is 4.14. The summed E-state index contributed by atoms with van der Waals surface area (Å²) in [5, 5.41) is 9.49. The normalized spacial score (nSPS) is 10.8. The van der Waals surface area contributed by atoms with Gasteiger partial charge >= 0.3 is 0 Å². The molecule has 2 amide bonds. The van der Waals surface area contributed by atoms with Crippen LogP contribution in [-0.4, -0.2) is 16.9 Å². The highest BCUT2D eigenvalue weighted by Crippen LogP contribution is 2.29. The maximum Gasteiger partial charge on any atom is 0.250 e. The van der Waals surface area contributed by atoms with Crippen molar-refractivity contribution in [1.29, 1.82) is 0 Å². The molecule has 0 bridgehead atoms. The molecule has 0 atom stereocenters. The molecular weight excluding hydrogens is 529 g/mol. The van der Waals surface area contributed by atoms with Crippen molar-refractivity contribution in [2.45, 2.75) is 6.42 Å². The van der Waals surface area contributed by atoms with Crippen LogP contribution in [0.1, 0.15) is 11.3 Å². The summed E-state index contributed by atoms with van der Waals surface area (Å²) < 4.78 is 5.74. The minimum Gasteiger partial charge on any atom is -0.457 e. The summed E-state index contributed by atoms with van der Waals surface area (Å²) in [5.41, 5.74) is 2.98. The highest BCUT2D eigenvalue weighted by molar-refractivity contribution is 7.80. The molecule has 1 heterocycles. The van der Waals surface area contributed by atoms with Crippen LogP contribution in [0.3, 0.4) is 0 Å². The van der Waals surface area contributed by atoms with Gasteiger partial charge in [0.15, 0.2) is 5.11 Å². The number of hydrogen-bond acceptors (Lipinski definition) is 4. The van der Waals surface area contributed by atoms with E-state index >= 15 is 0 Å². The molecule has 0 unspecified atom stereocenters. The summed E-state index contributed by atoms with van der Waals surface area (Å²) in [6, 6.07) is 25.1. The predicted molar refractivity (Wildman–Crippen MR) is 153 cm³/mol. The van der Waals surface area contributed by atoms with Crippen molar-refractivity contribution in [1.82, 2.24) is 5.32 Å². The number of nitrogens with one attached hydrogen (secondary N) is 3. The number of anilines is 2. The van der Waals surface area contributed by atoms with Crippen molar-refractivity contribution in [3.63, 3.8) is 0 Å². The van der Waals surface area contributed by atoms with E-state index in [0.29, 0.717) is 39.4 Å². The summed E-state index contributed by atoms with van der Waals surface area (Å²) in [6.07, 6.45) is 3.13. The molecule has 37 heavy (non-hydrogen) atoms. The van der Waals surface area contributed by atoms with E-state index in [1.54, 1.807) is 54.6 Å². The maximum absolute atomic E-state index is 12.3. The number of thiocarbonyl (C=S) groups is 1. The Balaban J connectivity index is 1.25. The Kier molecular flexibility index (Phi) is 8.74. The number of halogens is 2. The van der Waals surface area contributed by atoms with Gasteiger partial charge in [-0.2, -0.15) is 0 Å². The number of furan rings is 1. The first-order valence-electron chi connectivity index (χ1n) is 11.1. The molecule has 0 aliphatic heterocycles. The number of benzene rings is 3. The van der Waals surface area contributed by atoms with Gasteiger partial charge in [0.2, 0.25) is 11.8 Å². The van der Waals surface area contributed by atoms with Gasteiger partial charge in [0.05, 0.1) is 6.42 Å². The molecule has 3 N–H and O–H groups in total. The Hall–Kier alpha value is -3.91. The van der Waals surface area contributed by atoms with Crippen LogP contribution in [0.2, 0.25) is 10.0 Å². The van der Waals surface area contributed by atoms with E-state index < -0.39 is 5.91 Å². The molecule has 0 saturated carbocycles. The Bertz CT molecular complexity index is 1430. The van der Waals surface area contributed by atoms with E-state index in [-0.39, 0.29) is 11.0 Å². The SMILES string of the molecule is O=C(/C=C/c1ccc(-c2cc(Cl)cc(Cl)c2)o1)NC(=S)Nc1ccc(NC(=O)Cc2ccccc2)cc1. The van der Waals surface area contributed by atoms with Crippen molar-refractivity contribution in [2.75, 3.05) is 10.6 Å². The molecule has 0 aliphatic rings. The summed E-state index contributed by atoms with van der Waals surface area (Å²) in [7, 11) is 0. The third-order valence-electron chi connectivity index (χ3n) is 5.04. The van der Waals surface area contributed by atoms with Crippen LogP contribution in [0.4, 0.5) is 11.4 Å². The summed E-state index contributed by atoms with van der Waals surface area (Å²) in [6.45, 7) is 0. The van der Waals surface area contributed by atoms with Crippen LogP contribution >= 0.6 is 35.4 Å². The van der Waals surface area contributed by atoms with E-state index in [4.69, 9.17) is 39.8 Å². The second-order valence-electron chi connectivity index (χ2n) is 7.92. The Morgan fingerprint density at radius 3 is 2.16 bits per heavy atom. The van der Waals surface area contributed by atoms with Gasteiger partial charge in [-0.3, -0.25) is 14.9 Å². The minimum absolute atomic E-state index is 0.110. The van der Waals surface area contributed by atoms with Gasteiger partial charge in [0, 0.05) is 33.1 Å². The van der Waals surface area contributed by atoms with Gasteiger partial charge in [0.1, 0.15) is 11.5 Å². The lowest BCUT2D eigenvalue weighted by molar-refractivity contribution is -0.116. The molecule has 0 saturated heterocycles. The van der Waals surface area contributed by atoms with Gasteiger partial charge < -0.3 is 15.1 Å². The number of amides is 2. The average molecular weight is 550 g/mol. The molecule has 0 radical (unpaired) electrons. The molecule has 6 nitrogen and oxygen atoms in total. The highest BCUT2D eigenvalue weighted by Gasteiger charge is 2.08. The summed E-state index contributed by atoms with van der Waals surface area (Å²) in [5.74, 6) is 0.513. The third-order valence-corrected chi connectivity index (χ3v) is 5.68. The van der Waals surface area contributed by atoms with Crippen LogP contribution in [0.25, 0.3) is 17.4 Å². The first-order valence-corrected chi connectivity index (χ1v) is 12.3. The van der Waals surface area contributed by atoms with Crippen LogP contribution < -0.4 is 16.0 Å². The topological polar surface area (TPSA) is 83.4 Å². The number of rotatable bonds is 7. The lowest BCUT2D eigenvalue weighted by Gasteiger charge is -2.10. The fourth-order valence-electron chi connectivity index (χ4n) is 3.39. The molecule has 4 aromatic rings. The molecule has 0 spiro atoms. The monoisotopic (exact) mass is 549 g/mol. The summed E-state index contributed by atoms with van der Waals surface area (Å²) in [4.78, 5) is 24.5. The molecule has 186 valence electrons. The smallest absolute Gasteiger partial charge is 0.250 e. The van der Waals surface area contributed by atoms with Crippen LogP contribution in [0, 0.1) is 0 Å². The second kappa shape index (κ2) is 12.4. The van der Waals surface area contributed by atoms with Gasteiger partial charge in [-0.15, -0.1) is 0 Å². The first-order chi connectivity index (χ1) is 17.8. The Morgan fingerprint density at radius 1 is 0.838 bits per heavy atom. The Morgan fingerprint density at radius 2 is 1.49 bits per heavy atom. The van der Waals surface area contributed by atoms with Crippen molar-refractivity contribution in [3.05, 3.63) is 112 Å². The molecule has 0 fully saturated rings. The molecular formula is C28H21Cl2N3O3S. The number of carbonyl (C=O) groups excluding carboxylic acids is 2. The lowest BCUT2D eigenvalue weighted by Crippen LogP contribution is -2.32. The zero-order chi connectivity index (χ0) is 26.2. The third kappa shape index (κ3) is 8.05. The molecule has 4 rings (SSSR count). The standard InChI is InChI=1S/C28H21Cl2N3O3S/c29-20-15-19(16-21(30)17-20)25-12-10-24(36-25)11-13-26(34)33-28(37)32-23-8-6-22(7-9-23)31-27(35)14-18-4-2-1-3-5-18/h1-13,15-17H,14H2,(H,31,35)(H2,32,33,34,37)/b13-11+. The van der Waals surface area contributed by atoms with Crippen molar-refractivity contribution < 1.29 is 14.0 Å². The first kappa shape index (κ1) is 26.2. The van der Waals surface area contributed by atoms with E-state index in [0.717, 1.165) is 11.1 Å². The number of carbonyl (C=O) groups is 2. The maximum atomic E-state index is 12.3. The minimum atomic E-state index is -0.425. The van der Waals surface area contributed by atoms with E-state index in [2.05, 4.69) is 16.0 Å². The van der Waals surface area contributed by atoms with E-state index in [9.17, 15) is 9.59 Å². The van der Waals surface area contributed by atoms with Crippen molar-refractivity contribution >= 4 is 69.8 Å². The van der Waals surface area contributed by atoms with E-state index in [1.807, 2.05) is 30.3 Å². The molecule has 3 aromatic carbocycles. The van der Waals surface area contributed by atoms with Crippen LogP contribution in [0.15, 0.2) is 95.4 Å². The lowest BCUT2D eigenvalue weighted by atomic mass is 10.1. The van der Waals surface area contributed by atoms with E-state index in [1.165, 1.54) is 12.2 Å². The van der Waals surface area contributed by atoms with Crippen LogP contribution in [-0.2, 0) is 16.0 Å². The predicted octanol–water partition coefficient (Wildman–Crippen LogP) is 6.96. The van der Waals surface area contributed by atoms with Gasteiger partial charge in [-0.25, -0.2) is 0 Å². The van der Waals surface area contributed by atoms with Crippen LogP contribution in [0.5, 0.6) is 0 Å². The highest BCUT2D eigenvalue weighted by atomic mass is 35.5. The zero-order valence-electron chi connectivity index (χ0n) is 19.3. The molecule has 9 heteroatoms.